The smallest absolute Gasteiger partial charge is 0.137 e. The first kappa shape index (κ1) is 14.2. The molecule has 2 rings (SSSR count). The van der Waals surface area contributed by atoms with E-state index in [1.54, 1.807) is 0 Å². The summed E-state index contributed by atoms with van der Waals surface area (Å²) in [5.74, 6) is -0.516. The average Bonchev–Trinajstić information content (AvgIpc) is 2.62. The van der Waals surface area contributed by atoms with Crippen molar-refractivity contribution in [1.29, 1.82) is 0 Å². The van der Waals surface area contributed by atoms with Gasteiger partial charge in [-0.25, -0.2) is 8.78 Å². The van der Waals surface area contributed by atoms with E-state index < -0.39 is 11.6 Å². The Labute approximate surface area is 113 Å². The fourth-order valence-electron chi connectivity index (χ4n) is 2.85. The topological polar surface area (TPSA) is 17.1 Å². The van der Waals surface area contributed by atoms with E-state index in [2.05, 4.69) is 0 Å². The van der Waals surface area contributed by atoms with Crippen LogP contribution in [0.25, 0.3) is 0 Å². The number of hydrogen-bond acceptors (Lipinski definition) is 1. The zero-order valence-electron chi connectivity index (χ0n) is 11.1. The predicted octanol–water partition coefficient (Wildman–Crippen LogP) is 4.44. The van der Waals surface area contributed by atoms with Crippen molar-refractivity contribution in [3.05, 3.63) is 35.4 Å². The van der Waals surface area contributed by atoms with E-state index in [-0.39, 0.29) is 17.8 Å². The number of carbonyl (C=O) groups is 1. The third kappa shape index (κ3) is 4.41. The van der Waals surface area contributed by atoms with Crippen molar-refractivity contribution < 1.29 is 13.6 Å². The Hall–Kier alpha value is -1.25. The van der Waals surface area contributed by atoms with Gasteiger partial charge in [0.2, 0.25) is 0 Å². The van der Waals surface area contributed by atoms with Crippen LogP contribution in [0.1, 0.15) is 50.5 Å². The van der Waals surface area contributed by atoms with Gasteiger partial charge in [-0.3, -0.25) is 4.79 Å². The lowest BCUT2D eigenvalue weighted by atomic mass is 9.92. The van der Waals surface area contributed by atoms with Gasteiger partial charge in [0.15, 0.2) is 0 Å². The molecule has 0 atom stereocenters. The summed E-state index contributed by atoms with van der Waals surface area (Å²) in [4.78, 5) is 12.0. The fourth-order valence-corrected chi connectivity index (χ4v) is 2.85. The Morgan fingerprint density at radius 2 is 1.79 bits per heavy atom. The third-order valence-corrected chi connectivity index (χ3v) is 3.89. The molecular formula is C16H20F2O. The number of ketones is 1. The number of benzene rings is 1. The zero-order valence-corrected chi connectivity index (χ0v) is 11.1. The van der Waals surface area contributed by atoms with Crippen LogP contribution in [0, 0.1) is 17.6 Å². The minimum Gasteiger partial charge on any atom is -0.299 e. The van der Waals surface area contributed by atoms with E-state index in [4.69, 9.17) is 0 Å². The minimum absolute atomic E-state index is 0.0140. The third-order valence-electron chi connectivity index (χ3n) is 3.89. The molecule has 0 aliphatic heterocycles. The van der Waals surface area contributed by atoms with Crippen molar-refractivity contribution >= 4 is 5.78 Å². The Bertz CT molecular complexity index is 434. The lowest BCUT2D eigenvalue weighted by molar-refractivity contribution is -0.119. The van der Waals surface area contributed by atoms with Crippen molar-refractivity contribution in [2.45, 2.75) is 51.4 Å². The quantitative estimate of drug-likeness (QED) is 0.736. The Morgan fingerprint density at radius 1 is 1.11 bits per heavy atom. The van der Waals surface area contributed by atoms with E-state index in [9.17, 15) is 13.6 Å². The second kappa shape index (κ2) is 6.78. The van der Waals surface area contributed by atoms with Crippen LogP contribution in [-0.4, -0.2) is 5.78 Å². The van der Waals surface area contributed by atoms with Gasteiger partial charge in [0.05, 0.1) is 0 Å². The summed E-state index contributed by atoms with van der Waals surface area (Å²) in [6, 6.07) is 3.29. The molecule has 1 aromatic rings. The van der Waals surface area contributed by atoms with Crippen LogP contribution in [0.5, 0.6) is 0 Å². The molecule has 0 spiro atoms. The number of rotatable bonds is 4. The molecule has 1 aliphatic carbocycles. The van der Waals surface area contributed by atoms with Gasteiger partial charge in [0.1, 0.15) is 17.4 Å². The van der Waals surface area contributed by atoms with Gasteiger partial charge in [-0.05, 0) is 29.7 Å². The van der Waals surface area contributed by atoms with Gasteiger partial charge in [-0.15, -0.1) is 0 Å². The molecule has 1 nitrogen and oxygen atoms in total. The lowest BCUT2D eigenvalue weighted by Crippen LogP contribution is -2.11. The standard InChI is InChI=1S/C16H20F2O/c17-14-7-8-16(18)13(10-14)11-15(19)9-12-5-3-1-2-4-6-12/h7-8,10,12H,1-6,9,11H2. The number of hydrogen-bond donors (Lipinski definition) is 0. The van der Waals surface area contributed by atoms with Crippen molar-refractivity contribution in [3.8, 4) is 0 Å². The van der Waals surface area contributed by atoms with Crippen LogP contribution in [0.2, 0.25) is 0 Å². The van der Waals surface area contributed by atoms with E-state index in [0.717, 1.165) is 31.0 Å². The Morgan fingerprint density at radius 3 is 2.47 bits per heavy atom. The summed E-state index contributed by atoms with van der Waals surface area (Å²) in [6.45, 7) is 0. The predicted molar refractivity (Wildman–Crippen MR) is 70.9 cm³/mol. The van der Waals surface area contributed by atoms with Gasteiger partial charge < -0.3 is 0 Å². The van der Waals surface area contributed by atoms with E-state index in [0.29, 0.717) is 12.3 Å². The highest BCUT2D eigenvalue weighted by Crippen LogP contribution is 2.26. The second-order valence-electron chi connectivity index (χ2n) is 5.51. The minimum atomic E-state index is -0.490. The van der Waals surface area contributed by atoms with Crippen LogP contribution in [0.3, 0.4) is 0 Å². The zero-order chi connectivity index (χ0) is 13.7. The lowest BCUT2D eigenvalue weighted by Gasteiger charge is -2.12. The summed E-state index contributed by atoms with van der Waals surface area (Å²) in [5, 5.41) is 0. The molecule has 1 fully saturated rings. The number of halogens is 2. The Kier molecular flexibility index (Phi) is 5.06. The molecule has 0 aromatic heterocycles. The van der Waals surface area contributed by atoms with Gasteiger partial charge >= 0.3 is 0 Å². The van der Waals surface area contributed by atoms with Crippen LogP contribution in [-0.2, 0) is 11.2 Å². The molecule has 0 saturated heterocycles. The Balaban J connectivity index is 1.91. The van der Waals surface area contributed by atoms with Crippen molar-refractivity contribution in [3.63, 3.8) is 0 Å². The molecule has 0 unspecified atom stereocenters. The van der Waals surface area contributed by atoms with Crippen LogP contribution in [0.15, 0.2) is 18.2 Å². The molecular weight excluding hydrogens is 246 g/mol. The van der Waals surface area contributed by atoms with Gasteiger partial charge in [0, 0.05) is 12.8 Å². The molecule has 0 heterocycles. The van der Waals surface area contributed by atoms with Crippen LogP contribution < -0.4 is 0 Å². The highest BCUT2D eigenvalue weighted by Gasteiger charge is 2.17. The normalized spacial score (nSPS) is 17.2. The first-order chi connectivity index (χ1) is 9.15. The first-order valence-corrected chi connectivity index (χ1v) is 7.11. The average molecular weight is 266 g/mol. The highest BCUT2D eigenvalue weighted by atomic mass is 19.1. The monoisotopic (exact) mass is 266 g/mol. The van der Waals surface area contributed by atoms with Gasteiger partial charge in [-0.1, -0.05) is 38.5 Å². The molecule has 19 heavy (non-hydrogen) atoms. The van der Waals surface area contributed by atoms with Crippen molar-refractivity contribution in [2.24, 2.45) is 5.92 Å². The second-order valence-corrected chi connectivity index (χ2v) is 5.51. The largest absolute Gasteiger partial charge is 0.299 e. The summed E-state index contributed by atoms with van der Waals surface area (Å²) >= 11 is 0. The highest BCUT2D eigenvalue weighted by molar-refractivity contribution is 5.81. The van der Waals surface area contributed by atoms with Gasteiger partial charge in [-0.2, -0.15) is 0 Å². The fraction of sp³-hybridized carbons (Fsp3) is 0.562. The first-order valence-electron chi connectivity index (χ1n) is 7.11. The van der Waals surface area contributed by atoms with E-state index in [1.165, 1.54) is 25.7 Å². The molecule has 0 N–H and O–H groups in total. The molecule has 104 valence electrons. The molecule has 0 bridgehead atoms. The summed E-state index contributed by atoms with van der Waals surface area (Å²) < 4.78 is 26.5. The number of Topliss-reactive ketones (excluding diaryl/α,β-unsaturated/α-hetero) is 1. The molecule has 1 saturated carbocycles. The maximum Gasteiger partial charge on any atom is 0.137 e. The van der Waals surface area contributed by atoms with Crippen LogP contribution >= 0.6 is 0 Å². The molecule has 1 aromatic carbocycles. The molecule has 0 amide bonds. The van der Waals surface area contributed by atoms with E-state index in [1.807, 2.05) is 0 Å². The molecule has 0 radical (unpaired) electrons. The maximum absolute atomic E-state index is 13.5. The molecule has 1 aliphatic rings. The van der Waals surface area contributed by atoms with Gasteiger partial charge in [0.25, 0.3) is 0 Å². The summed E-state index contributed by atoms with van der Waals surface area (Å²) in [6.07, 6.45) is 7.59. The summed E-state index contributed by atoms with van der Waals surface area (Å²) in [7, 11) is 0. The number of carbonyl (C=O) groups excluding carboxylic acids is 1. The van der Waals surface area contributed by atoms with Crippen molar-refractivity contribution in [1.82, 2.24) is 0 Å². The molecule has 3 heteroatoms. The maximum atomic E-state index is 13.5. The summed E-state index contributed by atoms with van der Waals surface area (Å²) in [5.41, 5.74) is 0.179. The SMILES string of the molecule is O=C(Cc1cc(F)ccc1F)CC1CCCCCC1. The van der Waals surface area contributed by atoms with E-state index >= 15 is 0 Å². The van der Waals surface area contributed by atoms with Crippen LogP contribution in [0.4, 0.5) is 8.78 Å². The van der Waals surface area contributed by atoms with Crippen molar-refractivity contribution in [2.75, 3.05) is 0 Å².